The Morgan fingerprint density at radius 2 is 2.05 bits per heavy atom. The maximum Gasteiger partial charge on any atom is 0.123 e. The lowest BCUT2D eigenvalue weighted by molar-refractivity contribution is 0.307. The molecule has 2 rings (SSSR count). The summed E-state index contributed by atoms with van der Waals surface area (Å²) >= 11 is 1.77. The lowest BCUT2D eigenvalue weighted by Gasteiger charge is -2.19. The molecule has 0 spiro atoms. The van der Waals surface area contributed by atoms with Gasteiger partial charge in [-0.1, -0.05) is 49.4 Å². The third-order valence-electron chi connectivity index (χ3n) is 2.89. The minimum absolute atomic E-state index is 0.952. The summed E-state index contributed by atoms with van der Waals surface area (Å²) < 4.78 is 0. The number of thiazole rings is 1. The first-order chi connectivity index (χ1) is 9.19. The number of hydrogen-bond donors (Lipinski definition) is 0. The van der Waals surface area contributed by atoms with E-state index in [0.29, 0.717) is 0 Å². The van der Waals surface area contributed by atoms with Gasteiger partial charge in [0.05, 0.1) is 0 Å². The lowest BCUT2D eigenvalue weighted by atomic mass is 10.2. The molecule has 0 radical (unpaired) electrons. The summed E-state index contributed by atoms with van der Waals surface area (Å²) in [5.74, 6) is 0. The van der Waals surface area contributed by atoms with Gasteiger partial charge in [0.1, 0.15) is 5.01 Å². The van der Waals surface area contributed by atoms with Crippen molar-refractivity contribution in [1.29, 1.82) is 0 Å². The van der Waals surface area contributed by atoms with Crippen molar-refractivity contribution in [2.45, 2.75) is 20.4 Å². The molecule has 0 atom stereocenters. The molecule has 1 heterocycles. The average molecular weight is 272 g/mol. The largest absolute Gasteiger partial charge is 0.295 e. The molecule has 0 saturated heterocycles. The molecular formula is C16H20N2S. The summed E-state index contributed by atoms with van der Waals surface area (Å²) in [5, 5.41) is 1.10. The number of benzene rings is 1. The Balaban J connectivity index is 2.07. The Bertz CT molecular complexity index is 531. The first kappa shape index (κ1) is 14.0. The minimum Gasteiger partial charge on any atom is -0.295 e. The zero-order valence-corrected chi connectivity index (χ0v) is 12.4. The molecule has 2 nitrogen and oxygen atoms in total. The van der Waals surface area contributed by atoms with E-state index in [9.17, 15) is 0 Å². The van der Waals surface area contributed by atoms with Gasteiger partial charge in [-0.2, -0.15) is 0 Å². The zero-order chi connectivity index (χ0) is 13.7. The van der Waals surface area contributed by atoms with Crippen LogP contribution in [0.25, 0.3) is 10.6 Å². The van der Waals surface area contributed by atoms with Gasteiger partial charge in [-0.05, 0) is 13.5 Å². The summed E-state index contributed by atoms with van der Waals surface area (Å²) in [6.07, 6.45) is 1.99. The van der Waals surface area contributed by atoms with E-state index in [0.717, 1.165) is 24.6 Å². The standard InChI is InChI=1S/C16H20N2S/c1-4-18(11-13(2)3)12-15-10-17-16(19-15)14-8-6-5-7-9-14/h5-10H,2,4,11-12H2,1,3H3. The molecule has 0 saturated carbocycles. The van der Waals surface area contributed by atoms with Crippen molar-refractivity contribution < 1.29 is 0 Å². The van der Waals surface area contributed by atoms with Crippen molar-refractivity contribution >= 4 is 11.3 Å². The topological polar surface area (TPSA) is 16.1 Å². The second kappa shape index (κ2) is 6.64. The van der Waals surface area contributed by atoms with Gasteiger partial charge in [0.15, 0.2) is 0 Å². The van der Waals surface area contributed by atoms with Crippen LogP contribution in [0.2, 0.25) is 0 Å². The Labute approximate surface area is 119 Å². The van der Waals surface area contributed by atoms with E-state index in [4.69, 9.17) is 0 Å². The van der Waals surface area contributed by atoms with E-state index >= 15 is 0 Å². The Morgan fingerprint density at radius 3 is 2.68 bits per heavy atom. The van der Waals surface area contributed by atoms with E-state index in [1.807, 2.05) is 12.3 Å². The van der Waals surface area contributed by atoms with Crippen molar-refractivity contribution in [3.05, 3.63) is 53.6 Å². The van der Waals surface area contributed by atoms with Gasteiger partial charge in [0, 0.05) is 29.7 Å². The van der Waals surface area contributed by atoms with Gasteiger partial charge < -0.3 is 0 Å². The SMILES string of the molecule is C=C(C)CN(CC)Cc1cnc(-c2ccccc2)s1. The molecule has 19 heavy (non-hydrogen) atoms. The van der Waals surface area contributed by atoms with Crippen LogP contribution in [-0.4, -0.2) is 23.0 Å². The van der Waals surface area contributed by atoms with Crippen molar-refractivity contribution in [3.63, 3.8) is 0 Å². The highest BCUT2D eigenvalue weighted by Gasteiger charge is 2.08. The molecular weight excluding hydrogens is 252 g/mol. The average Bonchev–Trinajstić information content (AvgIpc) is 2.87. The van der Waals surface area contributed by atoms with E-state index in [1.165, 1.54) is 16.0 Å². The molecule has 1 aromatic heterocycles. The van der Waals surface area contributed by atoms with Gasteiger partial charge in [0.25, 0.3) is 0 Å². The molecule has 0 aliphatic carbocycles. The van der Waals surface area contributed by atoms with E-state index in [1.54, 1.807) is 11.3 Å². The first-order valence-corrected chi connectivity index (χ1v) is 7.37. The Morgan fingerprint density at radius 1 is 1.32 bits per heavy atom. The molecule has 0 fully saturated rings. The highest BCUT2D eigenvalue weighted by atomic mass is 32.1. The third-order valence-corrected chi connectivity index (χ3v) is 3.93. The molecule has 1 aromatic carbocycles. The molecule has 0 amide bonds. The number of nitrogens with zero attached hydrogens (tertiary/aromatic N) is 2. The first-order valence-electron chi connectivity index (χ1n) is 6.56. The zero-order valence-electron chi connectivity index (χ0n) is 11.6. The second-order valence-electron chi connectivity index (χ2n) is 4.76. The molecule has 0 aliphatic heterocycles. The summed E-state index contributed by atoms with van der Waals surface area (Å²) in [6.45, 7) is 11.2. The number of rotatable bonds is 6. The fraction of sp³-hybridized carbons (Fsp3) is 0.312. The quantitative estimate of drug-likeness (QED) is 0.732. The molecule has 0 bridgehead atoms. The van der Waals surface area contributed by atoms with Crippen LogP contribution in [0, 0.1) is 0 Å². The number of aromatic nitrogens is 1. The molecule has 3 heteroatoms. The van der Waals surface area contributed by atoms with Crippen molar-refractivity contribution in [2.75, 3.05) is 13.1 Å². The second-order valence-corrected chi connectivity index (χ2v) is 5.87. The van der Waals surface area contributed by atoms with E-state index in [2.05, 4.69) is 54.6 Å². The van der Waals surface area contributed by atoms with Gasteiger partial charge in [-0.25, -0.2) is 4.98 Å². The molecule has 100 valence electrons. The van der Waals surface area contributed by atoms with Crippen LogP contribution in [0.1, 0.15) is 18.7 Å². The summed E-state index contributed by atoms with van der Waals surface area (Å²) in [7, 11) is 0. The summed E-state index contributed by atoms with van der Waals surface area (Å²) in [6, 6.07) is 10.3. The maximum absolute atomic E-state index is 4.52. The summed E-state index contributed by atoms with van der Waals surface area (Å²) in [5.41, 5.74) is 2.40. The highest BCUT2D eigenvalue weighted by Crippen LogP contribution is 2.25. The third kappa shape index (κ3) is 4.01. The van der Waals surface area contributed by atoms with Crippen molar-refractivity contribution in [2.24, 2.45) is 0 Å². The fourth-order valence-electron chi connectivity index (χ4n) is 1.98. The molecule has 0 unspecified atom stereocenters. The van der Waals surface area contributed by atoms with Crippen LogP contribution in [0.4, 0.5) is 0 Å². The van der Waals surface area contributed by atoms with Crippen molar-refractivity contribution in [3.8, 4) is 10.6 Å². The predicted octanol–water partition coefficient (Wildman–Crippen LogP) is 4.21. The number of hydrogen-bond acceptors (Lipinski definition) is 3. The smallest absolute Gasteiger partial charge is 0.123 e. The van der Waals surface area contributed by atoms with Gasteiger partial charge in [-0.15, -0.1) is 11.3 Å². The highest BCUT2D eigenvalue weighted by molar-refractivity contribution is 7.15. The van der Waals surface area contributed by atoms with Crippen molar-refractivity contribution in [1.82, 2.24) is 9.88 Å². The molecule has 0 aliphatic rings. The predicted molar refractivity (Wildman–Crippen MR) is 83.3 cm³/mol. The fourth-order valence-corrected chi connectivity index (χ4v) is 2.94. The van der Waals surface area contributed by atoms with Crippen LogP contribution in [0.15, 0.2) is 48.7 Å². The lowest BCUT2D eigenvalue weighted by Crippen LogP contribution is -2.23. The molecule has 2 aromatic rings. The Hall–Kier alpha value is -1.45. The van der Waals surface area contributed by atoms with Crippen LogP contribution >= 0.6 is 11.3 Å². The van der Waals surface area contributed by atoms with Crippen LogP contribution in [0.3, 0.4) is 0 Å². The number of likely N-dealkylation sites (N-methyl/N-ethyl adjacent to an activating group) is 1. The van der Waals surface area contributed by atoms with E-state index < -0.39 is 0 Å². The maximum atomic E-state index is 4.52. The monoisotopic (exact) mass is 272 g/mol. The van der Waals surface area contributed by atoms with E-state index in [-0.39, 0.29) is 0 Å². The minimum atomic E-state index is 0.952. The van der Waals surface area contributed by atoms with Crippen LogP contribution < -0.4 is 0 Å². The van der Waals surface area contributed by atoms with Crippen LogP contribution in [-0.2, 0) is 6.54 Å². The van der Waals surface area contributed by atoms with Crippen LogP contribution in [0.5, 0.6) is 0 Å². The van der Waals surface area contributed by atoms with Gasteiger partial charge >= 0.3 is 0 Å². The summed E-state index contributed by atoms with van der Waals surface area (Å²) in [4.78, 5) is 8.21. The Kier molecular flexibility index (Phi) is 4.88. The van der Waals surface area contributed by atoms with Gasteiger partial charge in [-0.3, -0.25) is 4.90 Å². The molecule has 0 N–H and O–H groups in total. The normalized spacial score (nSPS) is 10.9. The van der Waals surface area contributed by atoms with Gasteiger partial charge in [0.2, 0.25) is 0 Å².